The summed E-state index contributed by atoms with van der Waals surface area (Å²) in [4.78, 5) is 16.6. The van der Waals surface area contributed by atoms with Crippen molar-refractivity contribution in [1.29, 1.82) is 0 Å². The molecule has 0 aliphatic heterocycles. The van der Waals surface area contributed by atoms with Gasteiger partial charge in [0.25, 0.3) is 0 Å². The Morgan fingerprint density at radius 3 is 2.67 bits per heavy atom. The van der Waals surface area contributed by atoms with Gasteiger partial charge in [-0.3, -0.25) is 4.79 Å². The highest BCUT2D eigenvalue weighted by Crippen LogP contribution is 2.36. The van der Waals surface area contributed by atoms with E-state index >= 15 is 0 Å². The monoisotopic (exact) mass is 465 g/mol. The van der Waals surface area contributed by atoms with Crippen LogP contribution in [0.3, 0.4) is 0 Å². The molecule has 1 N–H and O–H groups in total. The number of hydrogen-bond acceptors (Lipinski definition) is 4. The Bertz CT molecular complexity index is 1040. The molecule has 0 spiro atoms. The van der Waals surface area contributed by atoms with Crippen LogP contribution in [0.4, 0.5) is 5.69 Å². The second-order valence-corrected chi connectivity index (χ2v) is 9.86. The van der Waals surface area contributed by atoms with Crippen LogP contribution in [-0.4, -0.2) is 34.8 Å². The van der Waals surface area contributed by atoms with E-state index in [9.17, 15) is 4.79 Å². The highest BCUT2D eigenvalue weighted by Gasteiger charge is 2.24. The second-order valence-electron chi connectivity index (χ2n) is 8.87. The molecule has 1 aromatic heterocycles. The number of carbonyl (C=O) groups is 1. The van der Waals surface area contributed by atoms with E-state index in [1.807, 2.05) is 0 Å². The molecule has 1 amide bonds. The first-order valence-corrected chi connectivity index (χ1v) is 13.4. The molecule has 1 aliphatic carbocycles. The fraction of sp³-hybridized carbons (Fsp3) is 0.481. The lowest BCUT2D eigenvalue weighted by atomic mass is 9.94. The zero-order valence-electron chi connectivity index (χ0n) is 19.8. The van der Waals surface area contributed by atoms with Gasteiger partial charge in [0, 0.05) is 30.8 Å². The summed E-state index contributed by atoms with van der Waals surface area (Å²) < 4.78 is 8.05. The van der Waals surface area contributed by atoms with Crippen LogP contribution in [0, 0.1) is 0 Å². The lowest BCUT2D eigenvalue weighted by Crippen LogP contribution is -2.15. The summed E-state index contributed by atoms with van der Waals surface area (Å²) in [6.07, 6.45) is 12.8. The molecule has 176 valence electrons. The third kappa shape index (κ3) is 5.61. The summed E-state index contributed by atoms with van der Waals surface area (Å²) in [5, 5.41) is 2.93. The number of imidazole rings is 1. The van der Waals surface area contributed by atoms with Gasteiger partial charge in [0.05, 0.1) is 11.0 Å². The molecule has 5 nitrogen and oxygen atoms in total. The number of rotatable bonds is 11. The van der Waals surface area contributed by atoms with Crippen LogP contribution in [-0.2, 0) is 22.4 Å². The van der Waals surface area contributed by atoms with Gasteiger partial charge >= 0.3 is 0 Å². The molecule has 0 bridgehead atoms. The molecular formula is C27H35N3O2S. The molecule has 1 aliphatic rings. The van der Waals surface area contributed by atoms with Gasteiger partial charge in [-0.25, -0.2) is 4.98 Å². The van der Waals surface area contributed by atoms with Crippen molar-refractivity contribution < 1.29 is 9.53 Å². The van der Waals surface area contributed by atoms with Crippen LogP contribution in [0.25, 0.3) is 11.0 Å². The number of nitrogens with one attached hydrogen (secondary N) is 1. The molecule has 0 saturated heterocycles. The molecule has 33 heavy (non-hydrogen) atoms. The molecule has 1 heterocycles. The quantitative estimate of drug-likeness (QED) is 0.264. The summed E-state index contributed by atoms with van der Waals surface area (Å²) in [7, 11) is 1.77. The lowest BCUT2D eigenvalue weighted by Gasteiger charge is -2.26. The zero-order chi connectivity index (χ0) is 23.0. The van der Waals surface area contributed by atoms with Gasteiger partial charge in [0.15, 0.2) is 0 Å². The molecule has 4 rings (SSSR count). The van der Waals surface area contributed by atoms with Crippen LogP contribution in [0.15, 0.2) is 42.5 Å². The second kappa shape index (κ2) is 11.7. The van der Waals surface area contributed by atoms with E-state index in [1.165, 1.54) is 43.2 Å². The van der Waals surface area contributed by atoms with Gasteiger partial charge in [-0.05, 0) is 56.1 Å². The van der Waals surface area contributed by atoms with Crippen LogP contribution in [0.5, 0.6) is 0 Å². The summed E-state index contributed by atoms with van der Waals surface area (Å²) >= 11 is 1.74. The van der Waals surface area contributed by atoms with Gasteiger partial charge in [-0.1, -0.05) is 49.6 Å². The van der Waals surface area contributed by atoms with Crippen LogP contribution in [0.1, 0.15) is 67.9 Å². The number of amides is 1. The van der Waals surface area contributed by atoms with Crippen molar-refractivity contribution in [2.75, 3.05) is 18.7 Å². The molecule has 1 atom stereocenters. The standard InChI is InChI=1S/C27H35N3O2S/c1-32-26(33-2)15-9-14-22-23(28-19-31)16-17-24-27(22)29-25(18-20-10-5-3-6-11-20)30(24)21-12-7-4-8-13-21/h3,5-6,10-11,16-17,19,21,26H,4,7-9,12-15,18H2,1-2H3,(H,28,31). The highest BCUT2D eigenvalue weighted by molar-refractivity contribution is 7.99. The van der Waals surface area contributed by atoms with E-state index in [1.54, 1.807) is 18.9 Å². The fourth-order valence-electron chi connectivity index (χ4n) is 5.14. The third-order valence-electron chi connectivity index (χ3n) is 6.79. The van der Waals surface area contributed by atoms with Crippen molar-refractivity contribution in [2.45, 2.75) is 69.3 Å². The van der Waals surface area contributed by atoms with Gasteiger partial charge < -0.3 is 14.6 Å². The number of ether oxygens (including phenoxy) is 1. The van der Waals surface area contributed by atoms with Crippen LogP contribution >= 0.6 is 11.8 Å². The minimum Gasteiger partial charge on any atom is -0.371 e. The van der Waals surface area contributed by atoms with Gasteiger partial charge in [-0.2, -0.15) is 0 Å². The van der Waals surface area contributed by atoms with Crippen molar-refractivity contribution in [1.82, 2.24) is 9.55 Å². The molecule has 3 aromatic rings. The summed E-state index contributed by atoms with van der Waals surface area (Å²) in [6.45, 7) is 0. The Morgan fingerprint density at radius 2 is 1.97 bits per heavy atom. The van der Waals surface area contributed by atoms with E-state index in [2.05, 4.69) is 58.6 Å². The maximum absolute atomic E-state index is 11.3. The Labute approximate surface area is 201 Å². The Morgan fingerprint density at radius 1 is 1.18 bits per heavy atom. The molecule has 1 saturated carbocycles. The SMILES string of the molecule is COC(CCCc1c(NC=O)ccc2c1nc(Cc1ccccc1)n2C1CCCCC1)SC. The summed E-state index contributed by atoms with van der Waals surface area (Å²) in [5.74, 6) is 1.13. The van der Waals surface area contributed by atoms with E-state index in [4.69, 9.17) is 9.72 Å². The van der Waals surface area contributed by atoms with Crippen molar-refractivity contribution >= 4 is 34.9 Å². The van der Waals surface area contributed by atoms with Crippen molar-refractivity contribution in [3.63, 3.8) is 0 Å². The number of aryl methyl sites for hydroxylation is 1. The van der Waals surface area contributed by atoms with Crippen LogP contribution < -0.4 is 5.32 Å². The van der Waals surface area contributed by atoms with Crippen molar-refractivity contribution in [2.24, 2.45) is 0 Å². The normalized spacial score (nSPS) is 15.6. The largest absolute Gasteiger partial charge is 0.371 e. The Balaban J connectivity index is 1.76. The highest BCUT2D eigenvalue weighted by atomic mass is 32.2. The first kappa shape index (κ1) is 23.8. The molecule has 1 unspecified atom stereocenters. The smallest absolute Gasteiger partial charge is 0.211 e. The van der Waals surface area contributed by atoms with Crippen LogP contribution in [0.2, 0.25) is 0 Å². The summed E-state index contributed by atoms with van der Waals surface area (Å²) in [5.41, 5.74) is 5.72. The topological polar surface area (TPSA) is 56.1 Å². The first-order valence-electron chi connectivity index (χ1n) is 12.1. The fourth-order valence-corrected chi connectivity index (χ4v) is 5.74. The first-order chi connectivity index (χ1) is 16.2. The third-order valence-corrected chi connectivity index (χ3v) is 7.75. The zero-order valence-corrected chi connectivity index (χ0v) is 20.6. The number of hydrogen-bond donors (Lipinski definition) is 1. The lowest BCUT2D eigenvalue weighted by molar-refractivity contribution is -0.105. The predicted octanol–water partition coefficient (Wildman–Crippen LogP) is 6.36. The van der Waals surface area contributed by atoms with Crippen molar-refractivity contribution in [3.8, 4) is 0 Å². The number of nitrogens with zero attached hydrogens (tertiary/aromatic N) is 2. The number of methoxy groups -OCH3 is 1. The van der Waals surface area contributed by atoms with Gasteiger partial charge in [0.1, 0.15) is 11.3 Å². The number of aromatic nitrogens is 2. The van der Waals surface area contributed by atoms with Crippen molar-refractivity contribution in [3.05, 3.63) is 59.4 Å². The average Bonchev–Trinajstić information content (AvgIpc) is 3.22. The average molecular weight is 466 g/mol. The number of benzene rings is 2. The maximum atomic E-state index is 11.3. The number of anilines is 1. The molecule has 0 radical (unpaired) electrons. The van der Waals surface area contributed by atoms with E-state index in [0.717, 1.165) is 54.7 Å². The Kier molecular flexibility index (Phi) is 8.46. The van der Waals surface area contributed by atoms with Gasteiger partial charge in [-0.15, -0.1) is 11.8 Å². The predicted molar refractivity (Wildman–Crippen MR) is 138 cm³/mol. The van der Waals surface area contributed by atoms with E-state index in [-0.39, 0.29) is 5.44 Å². The number of thioether (sulfide) groups is 1. The van der Waals surface area contributed by atoms with E-state index < -0.39 is 0 Å². The summed E-state index contributed by atoms with van der Waals surface area (Å²) in [6, 6.07) is 15.3. The number of carbonyl (C=O) groups excluding carboxylic acids is 1. The molecular weight excluding hydrogens is 430 g/mol. The minimum absolute atomic E-state index is 0.195. The van der Waals surface area contributed by atoms with Gasteiger partial charge in [0.2, 0.25) is 6.41 Å². The Hall–Kier alpha value is -2.31. The molecule has 6 heteroatoms. The minimum atomic E-state index is 0.195. The van der Waals surface area contributed by atoms with E-state index in [0.29, 0.717) is 6.04 Å². The number of fused-ring (bicyclic) bond motifs is 1. The molecule has 2 aromatic carbocycles. The maximum Gasteiger partial charge on any atom is 0.211 e. The molecule has 1 fully saturated rings.